The maximum absolute atomic E-state index is 5.56. The Bertz CT molecular complexity index is 301. The van der Waals surface area contributed by atoms with E-state index in [0.29, 0.717) is 0 Å². The van der Waals surface area contributed by atoms with Crippen molar-refractivity contribution in [1.82, 2.24) is 0 Å². The third-order valence-electron chi connectivity index (χ3n) is 2.12. The second-order valence-corrected chi connectivity index (χ2v) is 3.58. The quantitative estimate of drug-likeness (QED) is 0.796. The minimum Gasteiger partial charge on any atom is -0.381 e. The number of halogens is 1. The molecule has 0 bridgehead atoms. The Morgan fingerprint density at radius 2 is 2.00 bits per heavy atom. The van der Waals surface area contributed by atoms with Gasteiger partial charge in [-0.25, -0.2) is 0 Å². The van der Waals surface area contributed by atoms with Crippen molar-refractivity contribution >= 4 is 17.3 Å². The first-order chi connectivity index (χ1) is 6.76. The van der Waals surface area contributed by atoms with Crippen LogP contribution in [0, 0.1) is 0 Å². The average Bonchev–Trinajstić information content (AvgIpc) is 2.26. The summed E-state index contributed by atoms with van der Waals surface area (Å²) in [5.74, 6) is 0. The van der Waals surface area contributed by atoms with Gasteiger partial charge in [-0.3, -0.25) is 0 Å². The summed E-state index contributed by atoms with van der Waals surface area (Å²) in [6.45, 7) is 4.96. The van der Waals surface area contributed by atoms with Crippen molar-refractivity contribution in [3.8, 4) is 0 Å². The van der Waals surface area contributed by atoms with Crippen LogP contribution in [-0.4, -0.2) is 6.54 Å². The predicted molar refractivity (Wildman–Crippen MR) is 63.9 cm³/mol. The molecule has 0 spiro atoms. The predicted octanol–water partition coefficient (Wildman–Crippen LogP) is 3.80. The molecule has 0 aliphatic heterocycles. The molecule has 1 aromatic rings. The van der Waals surface area contributed by atoms with Gasteiger partial charge in [0.2, 0.25) is 0 Å². The molecule has 0 aliphatic rings. The van der Waals surface area contributed by atoms with Crippen LogP contribution in [-0.2, 0) is 6.42 Å². The van der Waals surface area contributed by atoms with Crippen molar-refractivity contribution in [2.45, 2.75) is 20.3 Å². The number of nitrogens with one attached hydrogen (secondary N) is 1. The molecule has 0 aromatic heterocycles. The third kappa shape index (κ3) is 3.43. The molecule has 1 aromatic carbocycles. The molecule has 1 rings (SSSR count). The van der Waals surface area contributed by atoms with Gasteiger partial charge in [-0.2, -0.15) is 0 Å². The van der Waals surface area contributed by atoms with E-state index in [4.69, 9.17) is 11.6 Å². The molecule has 0 radical (unpaired) electrons. The van der Waals surface area contributed by atoms with E-state index in [-0.39, 0.29) is 0 Å². The zero-order valence-electron chi connectivity index (χ0n) is 8.68. The summed E-state index contributed by atoms with van der Waals surface area (Å²) in [5.41, 5.74) is 5.24. The van der Waals surface area contributed by atoms with Crippen LogP contribution in [0.5, 0.6) is 0 Å². The zero-order chi connectivity index (χ0) is 10.4. The molecular weight excluding hydrogens is 194 g/mol. The summed E-state index contributed by atoms with van der Waals surface area (Å²) in [4.78, 5) is 0. The Hall–Kier alpha value is -0.950. The molecule has 0 saturated carbocycles. The fourth-order valence-corrected chi connectivity index (χ4v) is 1.22. The van der Waals surface area contributed by atoms with E-state index in [1.807, 2.05) is 6.92 Å². The fourth-order valence-electron chi connectivity index (χ4n) is 1.14. The Kier molecular flexibility index (Phi) is 4.54. The van der Waals surface area contributed by atoms with E-state index in [2.05, 4.69) is 36.5 Å². The zero-order valence-corrected chi connectivity index (χ0v) is 9.43. The lowest BCUT2D eigenvalue weighted by Crippen LogP contribution is -2.01. The summed E-state index contributed by atoms with van der Waals surface area (Å²) in [7, 11) is 0. The van der Waals surface area contributed by atoms with Gasteiger partial charge in [0.15, 0.2) is 0 Å². The van der Waals surface area contributed by atoms with Crippen LogP contribution < -0.4 is 5.32 Å². The molecule has 0 aliphatic carbocycles. The standard InChI is InChI=1S/C12H16ClN/c1-3-11-4-6-12(7-5-11)14-9-10(2)8-13/h4-8,14H,3,9H2,1-2H3/b10-8+. The second kappa shape index (κ2) is 5.71. The van der Waals surface area contributed by atoms with Gasteiger partial charge in [0, 0.05) is 17.8 Å². The first-order valence-corrected chi connectivity index (χ1v) is 5.28. The number of hydrogen-bond acceptors (Lipinski definition) is 1. The maximum atomic E-state index is 5.56. The van der Waals surface area contributed by atoms with E-state index >= 15 is 0 Å². The molecule has 1 nitrogen and oxygen atoms in total. The number of benzene rings is 1. The number of rotatable bonds is 4. The molecule has 14 heavy (non-hydrogen) atoms. The molecule has 2 heteroatoms. The maximum Gasteiger partial charge on any atom is 0.0369 e. The highest BCUT2D eigenvalue weighted by Crippen LogP contribution is 2.10. The lowest BCUT2D eigenvalue weighted by Gasteiger charge is -2.06. The summed E-state index contributed by atoms with van der Waals surface area (Å²) in [6.07, 6.45) is 1.08. The van der Waals surface area contributed by atoms with E-state index in [1.165, 1.54) is 5.56 Å². The summed E-state index contributed by atoms with van der Waals surface area (Å²) >= 11 is 5.56. The highest BCUT2D eigenvalue weighted by atomic mass is 35.5. The largest absolute Gasteiger partial charge is 0.381 e. The number of hydrogen-bond donors (Lipinski definition) is 1. The molecule has 76 valence electrons. The molecular formula is C12H16ClN. The summed E-state index contributed by atoms with van der Waals surface area (Å²) in [5, 5.41) is 3.29. The minimum atomic E-state index is 0.801. The van der Waals surface area contributed by atoms with Crippen LogP contribution in [0.1, 0.15) is 19.4 Å². The van der Waals surface area contributed by atoms with Crippen LogP contribution in [0.25, 0.3) is 0 Å². The molecule has 0 atom stereocenters. The van der Waals surface area contributed by atoms with Crippen molar-refractivity contribution in [2.75, 3.05) is 11.9 Å². The Labute approximate surface area is 90.8 Å². The van der Waals surface area contributed by atoms with Gasteiger partial charge < -0.3 is 5.32 Å². The molecule has 0 saturated heterocycles. The highest BCUT2D eigenvalue weighted by molar-refractivity contribution is 6.25. The SMILES string of the molecule is CCc1ccc(NC/C(C)=C/Cl)cc1. The van der Waals surface area contributed by atoms with Crippen LogP contribution in [0.2, 0.25) is 0 Å². The minimum absolute atomic E-state index is 0.801. The second-order valence-electron chi connectivity index (χ2n) is 3.36. The number of anilines is 1. The van der Waals surface area contributed by atoms with Crippen molar-refractivity contribution in [3.63, 3.8) is 0 Å². The lowest BCUT2D eigenvalue weighted by atomic mass is 10.1. The van der Waals surface area contributed by atoms with Gasteiger partial charge in [0.25, 0.3) is 0 Å². The Balaban J connectivity index is 2.52. The molecule has 0 amide bonds. The van der Waals surface area contributed by atoms with Gasteiger partial charge in [0.05, 0.1) is 0 Å². The average molecular weight is 210 g/mol. The fraction of sp³-hybridized carbons (Fsp3) is 0.333. The van der Waals surface area contributed by atoms with Crippen LogP contribution >= 0.6 is 11.6 Å². The highest BCUT2D eigenvalue weighted by Gasteiger charge is 1.92. The van der Waals surface area contributed by atoms with E-state index in [1.54, 1.807) is 5.54 Å². The van der Waals surface area contributed by atoms with Gasteiger partial charge in [-0.1, -0.05) is 30.7 Å². The first kappa shape index (κ1) is 11.1. The van der Waals surface area contributed by atoms with Crippen molar-refractivity contribution in [3.05, 3.63) is 40.9 Å². The lowest BCUT2D eigenvalue weighted by molar-refractivity contribution is 1.14. The molecule has 1 N–H and O–H groups in total. The topological polar surface area (TPSA) is 12.0 Å². The van der Waals surface area contributed by atoms with Crippen molar-refractivity contribution < 1.29 is 0 Å². The third-order valence-corrected chi connectivity index (χ3v) is 2.49. The van der Waals surface area contributed by atoms with E-state index in [9.17, 15) is 0 Å². The summed E-state index contributed by atoms with van der Waals surface area (Å²) < 4.78 is 0. The number of aryl methyl sites for hydroxylation is 1. The molecule has 0 unspecified atom stereocenters. The first-order valence-electron chi connectivity index (χ1n) is 4.85. The monoisotopic (exact) mass is 209 g/mol. The van der Waals surface area contributed by atoms with Gasteiger partial charge in [0.1, 0.15) is 0 Å². The molecule has 0 fully saturated rings. The normalized spacial score (nSPS) is 11.5. The summed E-state index contributed by atoms with van der Waals surface area (Å²) in [6, 6.07) is 8.48. The van der Waals surface area contributed by atoms with Crippen LogP contribution in [0.3, 0.4) is 0 Å². The van der Waals surface area contributed by atoms with Crippen LogP contribution in [0.15, 0.2) is 35.4 Å². The molecule has 0 heterocycles. The van der Waals surface area contributed by atoms with E-state index in [0.717, 1.165) is 24.2 Å². The Morgan fingerprint density at radius 1 is 1.36 bits per heavy atom. The van der Waals surface area contributed by atoms with Crippen LogP contribution in [0.4, 0.5) is 5.69 Å². The van der Waals surface area contributed by atoms with Crippen molar-refractivity contribution in [2.24, 2.45) is 0 Å². The van der Waals surface area contributed by atoms with Gasteiger partial charge in [-0.15, -0.1) is 0 Å². The Morgan fingerprint density at radius 3 is 2.50 bits per heavy atom. The van der Waals surface area contributed by atoms with Gasteiger partial charge >= 0.3 is 0 Å². The smallest absolute Gasteiger partial charge is 0.0369 e. The van der Waals surface area contributed by atoms with Crippen molar-refractivity contribution in [1.29, 1.82) is 0 Å². The van der Waals surface area contributed by atoms with Gasteiger partial charge in [-0.05, 0) is 36.6 Å². The van der Waals surface area contributed by atoms with E-state index < -0.39 is 0 Å².